The number of aryl methyl sites for hydroxylation is 2. The van der Waals surface area contributed by atoms with Crippen molar-refractivity contribution in [2.45, 2.75) is 46.1 Å². The molecule has 2 N–H and O–H groups in total. The normalized spacial score (nSPS) is 11.2. The maximum absolute atomic E-state index is 14.0. The Labute approximate surface area is 251 Å². The van der Waals surface area contributed by atoms with Crippen molar-refractivity contribution in [2.24, 2.45) is 0 Å². The average molecular weight is 592 g/mol. The first kappa shape index (κ1) is 28.7. The fraction of sp³-hybridized carbons (Fsp3) is 0.212. The van der Waals surface area contributed by atoms with E-state index >= 15 is 0 Å². The topological polar surface area (TPSA) is 135 Å². The number of nitrogens with zero attached hydrogens (tertiary/aromatic N) is 5. The van der Waals surface area contributed by atoms with Crippen LogP contribution in [0, 0.1) is 12.7 Å². The third kappa shape index (κ3) is 6.03. The van der Waals surface area contributed by atoms with Crippen LogP contribution in [0.25, 0.3) is 33.9 Å². The predicted octanol–water partition coefficient (Wildman–Crippen LogP) is 5.47. The number of H-pyrrole nitrogens is 2. The summed E-state index contributed by atoms with van der Waals surface area (Å²) in [5, 5.41) is 11.0. The molecule has 0 spiro atoms. The Bertz CT molecular complexity index is 2020. The lowest BCUT2D eigenvalue weighted by molar-refractivity contribution is 0.388. The van der Waals surface area contributed by atoms with E-state index < -0.39 is 5.76 Å². The molecule has 3 aromatic heterocycles. The van der Waals surface area contributed by atoms with E-state index in [-0.39, 0.29) is 17.8 Å². The van der Waals surface area contributed by atoms with E-state index in [2.05, 4.69) is 32.2 Å². The Kier molecular flexibility index (Phi) is 8.09. The molecule has 0 fully saturated rings. The van der Waals surface area contributed by atoms with Gasteiger partial charge in [0.15, 0.2) is 11.6 Å². The molecule has 3 aromatic carbocycles. The number of nitrogens with one attached hydrogen (secondary N) is 2. The number of hydrogen-bond donors (Lipinski definition) is 2. The van der Waals surface area contributed by atoms with Crippen LogP contribution in [-0.4, -0.2) is 34.9 Å². The highest BCUT2D eigenvalue weighted by molar-refractivity contribution is 5.80. The van der Waals surface area contributed by atoms with Crippen molar-refractivity contribution in [3.05, 3.63) is 128 Å². The van der Waals surface area contributed by atoms with Crippen LogP contribution in [0.4, 0.5) is 4.39 Å². The van der Waals surface area contributed by atoms with Crippen LogP contribution in [0.2, 0.25) is 0 Å². The number of unbranched alkanes of at least 4 members (excludes halogenated alkanes) is 1. The number of halogens is 1. The Morgan fingerprint density at radius 1 is 0.909 bits per heavy atom. The monoisotopic (exact) mass is 591 g/mol. The first-order chi connectivity index (χ1) is 21.4. The first-order valence-corrected chi connectivity index (χ1v) is 14.4. The van der Waals surface area contributed by atoms with Gasteiger partial charge in [0.1, 0.15) is 17.5 Å². The Hall–Kier alpha value is -5.45. The van der Waals surface area contributed by atoms with E-state index in [0.29, 0.717) is 47.3 Å². The minimum atomic E-state index is -0.614. The number of hydrogen-bond acceptors (Lipinski definition) is 7. The highest BCUT2D eigenvalue weighted by atomic mass is 19.1. The minimum Gasteiger partial charge on any atom is -0.296 e. The molecule has 10 nitrogen and oxygen atoms in total. The van der Waals surface area contributed by atoms with E-state index in [4.69, 9.17) is 9.51 Å². The summed E-state index contributed by atoms with van der Waals surface area (Å²) in [4.78, 5) is 37.5. The Balaban J connectivity index is 1.30. The summed E-state index contributed by atoms with van der Waals surface area (Å²) in [6, 6.07) is 21.5. The highest BCUT2D eigenvalue weighted by Crippen LogP contribution is 2.30. The summed E-state index contributed by atoms with van der Waals surface area (Å²) in [5.41, 5.74) is 5.26. The van der Waals surface area contributed by atoms with E-state index in [9.17, 15) is 14.0 Å². The summed E-state index contributed by atoms with van der Waals surface area (Å²) in [6.07, 6.45) is 2.81. The molecule has 0 amide bonds. The largest absolute Gasteiger partial charge is 0.439 e. The zero-order valence-electron chi connectivity index (χ0n) is 24.3. The molecule has 0 unspecified atom stereocenters. The van der Waals surface area contributed by atoms with Gasteiger partial charge in [0.2, 0.25) is 0 Å². The van der Waals surface area contributed by atoms with Crippen molar-refractivity contribution in [1.29, 1.82) is 0 Å². The third-order valence-corrected chi connectivity index (χ3v) is 7.51. The molecule has 3 heterocycles. The molecule has 222 valence electrons. The van der Waals surface area contributed by atoms with E-state index in [1.807, 2.05) is 55.5 Å². The van der Waals surface area contributed by atoms with Gasteiger partial charge in [0.25, 0.3) is 5.56 Å². The van der Waals surface area contributed by atoms with Crippen molar-refractivity contribution in [1.82, 2.24) is 34.9 Å². The zero-order valence-corrected chi connectivity index (χ0v) is 24.3. The van der Waals surface area contributed by atoms with Crippen LogP contribution in [0.15, 0.2) is 86.9 Å². The average Bonchev–Trinajstić information content (AvgIpc) is 3.69. The summed E-state index contributed by atoms with van der Waals surface area (Å²) < 4.78 is 19.8. The van der Waals surface area contributed by atoms with Crippen molar-refractivity contribution < 1.29 is 8.91 Å². The van der Waals surface area contributed by atoms with Crippen molar-refractivity contribution in [2.75, 3.05) is 0 Å². The van der Waals surface area contributed by atoms with Gasteiger partial charge >= 0.3 is 5.76 Å². The zero-order chi connectivity index (χ0) is 30.6. The van der Waals surface area contributed by atoms with Crippen LogP contribution in [-0.2, 0) is 19.4 Å². The summed E-state index contributed by atoms with van der Waals surface area (Å²) in [6.45, 7) is 4.31. The lowest BCUT2D eigenvalue weighted by Gasteiger charge is -2.16. The Morgan fingerprint density at radius 2 is 1.64 bits per heavy atom. The van der Waals surface area contributed by atoms with Crippen LogP contribution < -0.4 is 11.3 Å². The van der Waals surface area contributed by atoms with E-state index in [1.54, 1.807) is 16.7 Å². The third-order valence-electron chi connectivity index (χ3n) is 7.51. The lowest BCUT2D eigenvalue weighted by atomic mass is 9.98. The van der Waals surface area contributed by atoms with Crippen LogP contribution in [0.5, 0.6) is 0 Å². The van der Waals surface area contributed by atoms with Gasteiger partial charge in [-0.3, -0.25) is 24.0 Å². The van der Waals surface area contributed by atoms with Gasteiger partial charge in [-0.25, -0.2) is 19.2 Å². The number of rotatable bonds is 10. The molecule has 44 heavy (non-hydrogen) atoms. The molecule has 6 aromatic rings. The minimum absolute atomic E-state index is 0.118. The summed E-state index contributed by atoms with van der Waals surface area (Å²) >= 11 is 0. The molecule has 0 aliphatic carbocycles. The second-order valence-corrected chi connectivity index (χ2v) is 10.6. The van der Waals surface area contributed by atoms with Gasteiger partial charge in [-0.2, -0.15) is 5.10 Å². The smallest absolute Gasteiger partial charge is 0.296 e. The van der Waals surface area contributed by atoms with Crippen LogP contribution >= 0.6 is 0 Å². The predicted molar refractivity (Wildman–Crippen MR) is 164 cm³/mol. The molecular weight excluding hydrogens is 561 g/mol. The molecule has 0 saturated heterocycles. The molecule has 0 atom stereocenters. The van der Waals surface area contributed by atoms with Crippen LogP contribution in [0.1, 0.15) is 48.2 Å². The SMILES string of the molecule is CCCCc1nc(C)c(Cc2nc(-c3ccc(F)cc3)n[nH]2)c(=O)n1Cc1ccc(-c2ccccc2-c2noc(=O)[nH]2)cc1. The molecule has 11 heteroatoms. The maximum atomic E-state index is 14.0. The highest BCUT2D eigenvalue weighted by Gasteiger charge is 2.18. The van der Waals surface area contributed by atoms with Gasteiger partial charge < -0.3 is 0 Å². The second kappa shape index (κ2) is 12.4. The van der Waals surface area contributed by atoms with E-state index in [0.717, 1.165) is 40.9 Å². The van der Waals surface area contributed by atoms with Crippen LogP contribution in [0.3, 0.4) is 0 Å². The van der Waals surface area contributed by atoms with Crippen molar-refractivity contribution in [3.63, 3.8) is 0 Å². The molecule has 0 saturated carbocycles. The molecule has 0 aliphatic heterocycles. The summed E-state index contributed by atoms with van der Waals surface area (Å²) in [7, 11) is 0. The maximum Gasteiger partial charge on any atom is 0.439 e. The number of benzene rings is 3. The number of aromatic nitrogens is 7. The van der Waals surface area contributed by atoms with Gasteiger partial charge in [-0.1, -0.05) is 67.0 Å². The number of aromatic amines is 2. The summed E-state index contributed by atoms with van der Waals surface area (Å²) in [5.74, 6) is 1.11. The Morgan fingerprint density at radius 3 is 2.34 bits per heavy atom. The van der Waals surface area contributed by atoms with E-state index in [1.165, 1.54) is 12.1 Å². The van der Waals surface area contributed by atoms with Crippen molar-refractivity contribution >= 4 is 0 Å². The molecule has 0 bridgehead atoms. The molecular formula is C33H30FN7O3. The molecule has 0 radical (unpaired) electrons. The standard InChI is InChI=1S/C33H30FN7O3/c1-3-4-9-29-35-20(2)27(18-28-36-30(39-38-28)23-14-16-24(34)17-15-23)32(42)41(29)19-21-10-12-22(13-11-21)25-7-5-6-8-26(25)31-37-33(43)44-40-31/h5-8,10-17H,3-4,9,18-19H2,1-2H3,(H,36,38,39)(H,37,40,43). The first-order valence-electron chi connectivity index (χ1n) is 14.4. The molecule has 0 aliphatic rings. The quantitative estimate of drug-likeness (QED) is 0.216. The second-order valence-electron chi connectivity index (χ2n) is 10.6. The van der Waals surface area contributed by atoms with Gasteiger partial charge in [0.05, 0.1) is 6.54 Å². The lowest BCUT2D eigenvalue weighted by Crippen LogP contribution is -2.30. The van der Waals surface area contributed by atoms with Gasteiger partial charge in [-0.05, 0) is 54.3 Å². The fourth-order valence-corrected chi connectivity index (χ4v) is 5.18. The molecule has 6 rings (SSSR count). The fourth-order valence-electron chi connectivity index (χ4n) is 5.18. The van der Waals surface area contributed by atoms with Gasteiger partial charge in [-0.15, -0.1) is 0 Å². The van der Waals surface area contributed by atoms with Crippen molar-refractivity contribution in [3.8, 4) is 33.9 Å². The van der Waals surface area contributed by atoms with Gasteiger partial charge in [0, 0.05) is 35.2 Å².